The highest BCUT2D eigenvalue weighted by atomic mass is 32.1. The van der Waals surface area contributed by atoms with Crippen LogP contribution in [0, 0.1) is 13.8 Å². The lowest BCUT2D eigenvalue weighted by molar-refractivity contribution is 0.0939. The zero-order chi connectivity index (χ0) is 19.7. The molecule has 142 valence electrons. The van der Waals surface area contributed by atoms with E-state index >= 15 is 0 Å². The number of amides is 1. The van der Waals surface area contributed by atoms with Gasteiger partial charge in [-0.3, -0.25) is 9.59 Å². The first-order valence-electron chi connectivity index (χ1n) is 8.85. The minimum Gasteiger partial charge on any atom is -0.361 e. The van der Waals surface area contributed by atoms with Crippen LogP contribution in [-0.2, 0) is 6.42 Å². The van der Waals surface area contributed by atoms with Crippen molar-refractivity contribution in [3.05, 3.63) is 80.0 Å². The summed E-state index contributed by atoms with van der Waals surface area (Å²) in [5.41, 5.74) is 4.69. The minimum absolute atomic E-state index is 0.218. The van der Waals surface area contributed by atoms with Gasteiger partial charge in [-0.2, -0.15) is 0 Å². The number of carbonyl (C=O) groups is 1. The quantitative estimate of drug-likeness (QED) is 0.485. The fourth-order valence-electron chi connectivity index (χ4n) is 3.27. The van der Waals surface area contributed by atoms with E-state index in [0.29, 0.717) is 28.5 Å². The van der Waals surface area contributed by atoms with Gasteiger partial charge < -0.3 is 15.3 Å². The molecule has 4 aromatic rings. The Hall–Kier alpha value is -3.26. The summed E-state index contributed by atoms with van der Waals surface area (Å²) in [6.45, 7) is 3.53. The van der Waals surface area contributed by atoms with Crippen molar-refractivity contribution in [1.82, 2.24) is 25.3 Å². The zero-order valence-electron chi connectivity index (χ0n) is 15.4. The summed E-state index contributed by atoms with van der Waals surface area (Å²) < 4.78 is 0. The molecule has 3 heterocycles. The summed E-state index contributed by atoms with van der Waals surface area (Å²) in [6, 6.07) is 8.97. The highest BCUT2D eigenvalue weighted by Crippen LogP contribution is 2.24. The Labute approximate surface area is 164 Å². The van der Waals surface area contributed by atoms with Crippen LogP contribution in [0.25, 0.3) is 10.9 Å². The number of H-pyrrole nitrogens is 2. The number of thiazole rings is 1. The van der Waals surface area contributed by atoms with Crippen molar-refractivity contribution in [2.75, 3.05) is 0 Å². The van der Waals surface area contributed by atoms with Crippen LogP contribution in [0.4, 0.5) is 0 Å². The summed E-state index contributed by atoms with van der Waals surface area (Å²) in [6.07, 6.45) is 2.44. The number of hydrogen-bond acceptors (Lipinski definition) is 5. The van der Waals surface area contributed by atoms with Crippen LogP contribution < -0.4 is 10.9 Å². The smallest absolute Gasteiger partial charge is 0.263 e. The number of aromatic amines is 2. The second-order valence-electron chi connectivity index (χ2n) is 6.61. The molecule has 8 heteroatoms. The second-order valence-corrected chi connectivity index (χ2v) is 7.47. The number of nitrogens with one attached hydrogen (secondary N) is 3. The maximum absolute atomic E-state index is 12.8. The van der Waals surface area contributed by atoms with E-state index in [9.17, 15) is 9.59 Å². The molecule has 1 amide bonds. The van der Waals surface area contributed by atoms with Gasteiger partial charge in [0, 0.05) is 29.6 Å². The molecule has 0 fully saturated rings. The minimum atomic E-state index is -0.450. The molecular formula is C20H19N5O2S. The molecule has 0 spiro atoms. The van der Waals surface area contributed by atoms with E-state index in [1.54, 1.807) is 19.4 Å². The number of aryl methyl sites for hydroxylation is 2. The molecular weight excluding hydrogens is 374 g/mol. The fourth-order valence-corrected chi connectivity index (χ4v) is 3.98. The number of rotatable bonds is 5. The van der Waals surface area contributed by atoms with E-state index in [4.69, 9.17) is 0 Å². The first-order chi connectivity index (χ1) is 13.5. The Kier molecular flexibility index (Phi) is 4.79. The molecule has 0 saturated heterocycles. The maximum atomic E-state index is 12.8. The van der Waals surface area contributed by atoms with E-state index in [1.807, 2.05) is 30.5 Å². The van der Waals surface area contributed by atoms with Crippen molar-refractivity contribution >= 4 is 28.1 Å². The Morgan fingerprint density at radius 3 is 2.86 bits per heavy atom. The van der Waals surface area contributed by atoms with Crippen LogP contribution in [0.15, 0.2) is 46.8 Å². The molecule has 0 saturated carbocycles. The lowest BCUT2D eigenvalue weighted by Crippen LogP contribution is -2.31. The fraction of sp³-hybridized carbons (Fsp3) is 0.200. The summed E-state index contributed by atoms with van der Waals surface area (Å²) in [4.78, 5) is 39.9. The van der Waals surface area contributed by atoms with E-state index in [-0.39, 0.29) is 11.5 Å². The molecule has 0 bridgehead atoms. The van der Waals surface area contributed by atoms with Crippen LogP contribution in [-0.4, -0.2) is 25.8 Å². The van der Waals surface area contributed by atoms with Crippen molar-refractivity contribution in [2.24, 2.45) is 0 Å². The summed E-state index contributed by atoms with van der Waals surface area (Å²) in [5, 5.41) is 4.12. The number of fused-ring (bicyclic) bond motifs is 1. The van der Waals surface area contributed by atoms with E-state index in [1.165, 1.54) is 17.4 Å². The van der Waals surface area contributed by atoms with Gasteiger partial charge in [0.25, 0.3) is 11.5 Å². The predicted molar refractivity (Wildman–Crippen MR) is 109 cm³/mol. The van der Waals surface area contributed by atoms with Crippen LogP contribution >= 0.6 is 11.3 Å². The van der Waals surface area contributed by atoms with Crippen molar-refractivity contribution in [3.8, 4) is 0 Å². The largest absolute Gasteiger partial charge is 0.361 e. The number of carbonyl (C=O) groups excluding carboxylic acids is 1. The van der Waals surface area contributed by atoms with Gasteiger partial charge in [0.05, 0.1) is 22.9 Å². The van der Waals surface area contributed by atoms with Gasteiger partial charge in [0.2, 0.25) is 0 Å². The Morgan fingerprint density at radius 2 is 2.11 bits per heavy atom. The summed E-state index contributed by atoms with van der Waals surface area (Å²) in [5.74, 6) is 0.291. The predicted octanol–water partition coefficient (Wildman–Crippen LogP) is 3.04. The van der Waals surface area contributed by atoms with Gasteiger partial charge in [0.15, 0.2) is 0 Å². The lowest BCUT2D eigenvalue weighted by Gasteiger charge is -2.18. The number of aromatic nitrogens is 4. The molecule has 0 radical (unpaired) electrons. The first kappa shape index (κ1) is 18.1. The van der Waals surface area contributed by atoms with E-state index in [0.717, 1.165) is 16.5 Å². The molecule has 0 aliphatic heterocycles. The first-order valence-corrected chi connectivity index (χ1v) is 9.73. The maximum Gasteiger partial charge on any atom is 0.263 e. The average molecular weight is 393 g/mol. The molecule has 3 aromatic heterocycles. The van der Waals surface area contributed by atoms with Crippen molar-refractivity contribution in [1.29, 1.82) is 0 Å². The molecule has 3 N–H and O–H groups in total. The highest BCUT2D eigenvalue weighted by molar-refractivity contribution is 7.11. The zero-order valence-corrected chi connectivity index (χ0v) is 16.3. The molecule has 0 aliphatic rings. The van der Waals surface area contributed by atoms with Crippen LogP contribution in [0.2, 0.25) is 0 Å². The van der Waals surface area contributed by atoms with Gasteiger partial charge in [-0.1, -0.05) is 18.2 Å². The van der Waals surface area contributed by atoms with Gasteiger partial charge in [-0.25, -0.2) is 9.97 Å². The SMILES string of the molecule is Cc1nc([C@H](Cc2c[nH]c3ccccc23)NC(=O)c2scnc2C)cc(=O)[nH]1. The molecule has 7 nitrogen and oxygen atoms in total. The average Bonchev–Trinajstić information content (AvgIpc) is 3.27. The standard InChI is InChI=1S/C20H19N5O2S/c1-11-19(28-10-22-11)20(27)25-16(17-8-18(26)24-12(2)23-17)7-13-9-21-15-6-4-3-5-14(13)15/h3-6,8-10,16,21H,7H2,1-2H3,(H,25,27)(H,23,24,26)/t16-/m0/s1. The van der Waals surface area contributed by atoms with Gasteiger partial charge in [-0.15, -0.1) is 11.3 Å². The molecule has 28 heavy (non-hydrogen) atoms. The third kappa shape index (κ3) is 3.59. The third-order valence-corrected chi connectivity index (χ3v) is 5.52. The Bertz CT molecular complexity index is 1210. The van der Waals surface area contributed by atoms with Crippen LogP contribution in [0.5, 0.6) is 0 Å². The molecule has 1 aromatic carbocycles. The van der Waals surface area contributed by atoms with Crippen LogP contribution in [0.3, 0.4) is 0 Å². The lowest BCUT2D eigenvalue weighted by atomic mass is 10.0. The third-order valence-electron chi connectivity index (χ3n) is 4.59. The number of benzene rings is 1. The second kappa shape index (κ2) is 7.40. The molecule has 0 unspecified atom stereocenters. The monoisotopic (exact) mass is 393 g/mol. The Morgan fingerprint density at radius 1 is 1.29 bits per heavy atom. The highest BCUT2D eigenvalue weighted by Gasteiger charge is 2.22. The topological polar surface area (TPSA) is 104 Å². The molecule has 4 rings (SSSR count). The molecule has 0 aliphatic carbocycles. The number of para-hydroxylation sites is 1. The van der Waals surface area contributed by atoms with Crippen molar-refractivity contribution in [3.63, 3.8) is 0 Å². The van der Waals surface area contributed by atoms with E-state index in [2.05, 4.69) is 25.3 Å². The van der Waals surface area contributed by atoms with Gasteiger partial charge in [0.1, 0.15) is 10.7 Å². The van der Waals surface area contributed by atoms with Crippen molar-refractivity contribution < 1.29 is 4.79 Å². The van der Waals surface area contributed by atoms with E-state index < -0.39 is 6.04 Å². The number of hydrogen-bond donors (Lipinski definition) is 3. The summed E-state index contributed by atoms with van der Waals surface area (Å²) >= 11 is 1.29. The normalized spacial score (nSPS) is 12.2. The van der Waals surface area contributed by atoms with Gasteiger partial charge >= 0.3 is 0 Å². The van der Waals surface area contributed by atoms with Crippen molar-refractivity contribution in [2.45, 2.75) is 26.3 Å². The Balaban J connectivity index is 1.71. The van der Waals surface area contributed by atoms with Crippen LogP contribution in [0.1, 0.15) is 38.5 Å². The molecule has 1 atom stereocenters. The van der Waals surface area contributed by atoms with Gasteiger partial charge in [-0.05, 0) is 25.5 Å². The summed E-state index contributed by atoms with van der Waals surface area (Å²) in [7, 11) is 0. The number of nitrogens with zero attached hydrogens (tertiary/aromatic N) is 2.